The summed E-state index contributed by atoms with van der Waals surface area (Å²) in [4.78, 5) is 21.8. The molecule has 0 saturated carbocycles. The van der Waals surface area contributed by atoms with Gasteiger partial charge in [0.15, 0.2) is 11.6 Å². The van der Waals surface area contributed by atoms with Crippen LogP contribution in [0, 0.1) is 11.8 Å². The van der Waals surface area contributed by atoms with Gasteiger partial charge >= 0.3 is 6.36 Å². The highest BCUT2D eigenvalue weighted by Gasteiger charge is 2.31. The van der Waals surface area contributed by atoms with Crippen molar-refractivity contribution < 1.29 is 27.8 Å². The van der Waals surface area contributed by atoms with E-state index in [0.717, 1.165) is 0 Å². The Bertz CT molecular complexity index is 1080. The van der Waals surface area contributed by atoms with Crippen molar-refractivity contribution >= 4 is 5.78 Å². The maximum atomic E-state index is 12.9. The minimum atomic E-state index is -4.79. The molecule has 1 atom stereocenters. The Balaban J connectivity index is 2.00. The molecule has 3 aromatic rings. The zero-order chi connectivity index (χ0) is 23.5. The average Bonchev–Trinajstić information content (AvgIpc) is 3.17. The number of halogens is 3. The number of aliphatic hydroxyl groups is 1. The Morgan fingerprint density at radius 2 is 1.84 bits per heavy atom. The van der Waals surface area contributed by atoms with Crippen molar-refractivity contribution in [1.29, 1.82) is 0 Å². The fourth-order valence-corrected chi connectivity index (χ4v) is 3.08. The van der Waals surface area contributed by atoms with E-state index in [1.54, 1.807) is 24.1 Å². The van der Waals surface area contributed by atoms with Crippen molar-refractivity contribution in [1.82, 2.24) is 19.7 Å². The van der Waals surface area contributed by atoms with Gasteiger partial charge in [0.05, 0.1) is 17.5 Å². The molecule has 170 valence electrons. The lowest BCUT2D eigenvalue weighted by molar-refractivity contribution is -0.274. The van der Waals surface area contributed by atoms with Gasteiger partial charge in [0.25, 0.3) is 0 Å². The first-order valence-corrected chi connectivity index (χ1v) is 9.94. The summed E-state index contributed by atoms with van der Waals surface area (Å²) < 4.78 is 42.8. The third-order valence-electron chi connectivity index (χ3n) is 4.98. The van der Waals surface area contributed by atoms with Gasteiger partial charge in [-0.15, -0.1) is 13.2 Å². The molecule has 0 unspecified atom stereocenters. The molecule has 3 rings (SSSR count). The third-order valence-corrected chi connectivity index (χ3v) is 4.98. The van der Waals surface area contributed by atoms with Crippen LogP contribution in [0.3, 0.4) is 0 Å². The minimum Gasteiger partial charge on any atom is -0.406 e. The number of ether oxygens (including phenoxy) is 1. The number of Topliss-reactive ketones (excluding diaryl/α,β-unsaturated/α-hetero) is 1. The fraction of sp³-hybridized carbons (Fsp3) is 0.364. The van der Waals surface area contributed by atoms with Gasteiger partial charge in [-0.05, 0) is 42.2 Å². The molecule has 2 heterocycles. The average molecular weight is 448 g/mol. The normalized spacial score (nSPS) is 12.8. The summed E-state index contributed by atoms with van der Waals surface area (Å²) >= 11 is 0. The molecule has 32 heavy (non-hydrogen) atoms. The third kappa shape index (κ3) is 5.91. The molecule has 0 bridgehead atoms. The van der Waals surface area contributed by atoms with Crippen molar-refractivity contribution in [2.75, 3.05) is 6.61 Å². The highest BCUT2D eigenvalue weighted by Crippen LogP contribution is 2.28. The number of nitrogens with zero attached hydrogens (tertiary/aromatic N) is 4. The minimum absolute atomic E-state index is 0.101. The molecule has 0 amide bonds. The van der Waals surface area contributed by atoms with Gasteiger partial charge in [-0.25, -0.2) is 9.97 Å². The van der Waals surface area contributed by atoms with Gasteiger partial charge in [-0.1, -0.05) is 13.8 Å². The monoisotopic (exact) mass is 448 g/mol. The zero-order valence-corrected chi connectivity index (χ0v) is 17.8. The number of benzene rings is 1. The topological polar surface area (TPSA) is 90.1 Å². The van der Waals surface area contributed by atoms with Crippen molar-refractivity contribution in [3.63, 3.8) is 0 Å². The SMILES string of the molecule is CC(C)[C@@H](CO)CC(=O)c1cc(-c2ccc(OC(F)(F)F)cc2)nc(-c2cnn(C)c2)n1. The predicted molar refractivity (Wildman–Crippen MR) is 111 cm³/mol. The molecular formula is C22H23F3N4O3. The van der Waals surface area contributed by atoms with Gasteiger partial charge in [0.2, 0.25) is 0 Å². The summed E-state index contributed by atoms with van der Waals surface area (Å²) in [5.74, 6) is -0.476. The first-order chi connectivity index (χ1) is 15.1. The maximum absolute atomic E-state index is 12.9. The maximum Gasteiger partial charge on any atom is 0.573 e. The Kier molecular flexibility index (Phi) is 6.93. The highest BCUT2D eigenvalue weighted by molar-refractivity contribution is 5.95. The molecule has 2 aromatic heterocycles. The molecule has 0 fully saturated rings. The lowest BCUT2D eigenvalue weighted by Crippen LogP contribution is -2.19. The van der Waals surface area contributed by atoms with E-state index < -0.39 is 6.36 Å². The lowest BCUT2D eigenvalue weighted by atomic mass is 9.90. The Labute approximate surface area is 182 Å². The molecule has 1 aromatic carbocycles. The van der Waals surface area contributed by atoms with E-state index in [-0.39, 0.29) is 47.9 Å². The molecule has 0 radical (unpaired) electrons. The highest BCUT2D eigenvalue weighted by atomic mass is 19.4. The van der Waals surface area contributed by atoms with E-state index in [4.69, 9.17) is 0 Å². The van der Waals surface area contributed by atoms with Crippen LogP contribution < -0.4 is 4.74 Å². The molecule has 0 aliphatic heterocycles. The van der Waals surface area contributed by atoms with Crippen molar-refractivity contribution in [2.24, 2.45) is 18.9 Å². The Morgan fingerprint density at radius 1 is 1.16 bits per heavy atom. The largest absolute Gasteiger partial charge is 0.573 e. The van der Waals surface area contributed by atoms with Crippen LogP contribution in [0.2, 0.25) is 0 Å². The van der Waals surface area contributed by atoms with Gasteiger partial charge in [0, 0.05) is 31.8 Å². The summed E-state index contributed by atoms with van der Waals surface area (Å²) in [6, 6.07) is 6.70. The quantitative estimate of drug-likeness (QED) is 0.518. The number of hydrogen-bond acceptors (Lipinski definition) is 6. The Hall–Kier alpha value is -3.27. The number of carbonyl (C=O) groups is 1. The number of alkyl halides is 3. The molecule has 10 heteroatoms. The standard InChI is InChI=1S/C22H23F3N4O3/c1-13(2)15(12-30)8-20(31)19-9-18(27-21(28-19)16-10-26-29(3)11-16)14-4-6-17(7-5-14)32-22(23,24)25/h4-7,9-11,13,15,30H,8,12H2,1-3H3/t15-/m1/s1. The molecule has 1 N–H and O–H groups in total. The van der Waals surface area contributed by atoms with Crippen LogP contribution in [0.5, 0.6) is 5.75 Å². The van der Waals surface area contributed by atoms with Crippen molar-refractivity contribution in [2.45, 2.75) is 26.6 Å². The van der Waals surface area contributed by atoms with Crippen molar-refractivity contribution in [3.05, 3.63) is 48.4 Å². The lowest BCUT2D eigenvalue weighted by Gasteiger charge is -2.17. The predicted octanol–water partition coefficient (Wildman–Crippen LogP) is 4.28. The van der Waals surface area contributed by atoms with Crippen LogP contribution in [0.15, 0.2) is 42.7 Å². The van der Waals surface area contributed by atoms with Crippen LogP contribution in [-0.4, -0.2) is 43.6 Å². The summed E-state index contributed by atoms with van der Waals surface area (Å²) in [5.41, 5.74) is 1.60. The van der Waals surface area contributed by atoms with Gasteiger partial charge in [0.1, 0.15) is 11.4 Å². The molecule has 0 aliphatic carbocycles. The zero-order valence-electron chi connectivity index (χ0n) is 17.8. The number of hydrogen-bond donors (Lipinski definition) is 1. The second-order valence-electron chi connectivity index (χ2n) is 7.75. The van der Waals surface area contributed by atoms with E-state index >= 15 is 0 Å². The number of rotatable bonds is 8. The summed E-state index contributed by atoms with van der Waals surface area (Å²) in [6.45, 7) is 3.72. The fourth-order valence-electron chi connectivity index (χ4n) is 3.08. The van der Waals surface area contributed by atoms with E-state index in [1.807, 2.05) is 13.8 Å². The van der Waals surface area contributed by atoms with Crippen molar-refractivity contribution in [3.8, 4) is 28.4 Å². The van der Waals surface area contributed by atoms with Gasteiger partial charge in [-0.2, -0.15) is 5.10 Å². The van der Waals surface area contributed by atoms with E-state index in [1.165, 1.54) is 30.3 Å². The molecule has 0 spiro atoms. The second-order valence-corrected chi connectivity index (χ2v) is 7.75. The smallest absolute Gasteiger partial charge is 0.406 e. The van der Waals surface area contributed by atoms with Crippen LogP contribution in [0.1, 0.15) is 30.8 Å². The number of ketones is 1. The molecule has 7 nitrogen and oxygen atoms in total. The number of aryl methyl sites for hydroxylation is 1. The van der Waals surface area contributed by atoms with Gasteiger partial charge < -0.3 is 9.84 Å². The number of aliphatic hydroxyl groups excluding tert-OH is 1. The number of carbonyl (C=O) groups excluding carboxylic acids is 1. The van der Waals surface area contributed by atoms with E-state index in [2.05, 4.69) is 19.8 Å². The summed E-state index contributed by atoms with van der Waals surface area (Å²) in [5, 5.41) is 13.7. The van der Waals surface area contributed by atoms with E-state index in [9.17, 15) is 23.1 Å². The van der Waals surface area contributed by atoms with Crippen LogP contribution in [0.25, 0.3) is 22.6 Å². The Morgan fingerprint density at radius 3 is 2.38 bits per heavy atom. The molecule has 0 aliphatic rings. The number of aromatic nitrogens is 4. The van der Waals surface area contributed by atoms with Crippen LogP contribution >= 0.6 is 0 Å². The van der Waals surface area contributed by atoms with Gasteiger partial charge in [-0.3, -0.25) is 9.48 Å². The van der Waals surface area contributed by atoms with E-state index in [0.29, 0.717) is 16.8 Å². The summed E-state index contributed by atoms with van der Waals surface area (Å²) in [7, 11) is 1.73. The van der Waals surface area contributed by atoms with Crippen LogP contribution in [0.4, 0.5) is 13.2 Å². The first kappa shape index (κ1) is 23.4. The molecular weight excluding hydrogens is 425 g/mol. The molecule has 0 saturated heterocycles. The first-order valence-electron chi connectivity index (χ1n) is 9.94. The second kappa shape index (κ2) is 9.47. The summed E-state index contributed by atoms with van der Waals surface area (Å²) in [6.07, 6.45) is -1.44. The van der Waals surface area contributed by atoms with Crippen LogP contribution in [-0.2, 0) is 7.05 Å².